The van der Waals surface area contributed by atoms with Crippen molar-refractivity contribution in [3.05, 3.63) is 87.3 Å². The van der Waals surface area contributed by atoms with Crippen LogP contribution in [0.5, 0.6) is 0 Å². The minimum Gasteiger partial charge on any atom is -0.347 e. The fraction of sp³-hybridized carbons (Fsp3) is 0.375. The molecule has 15 heteroatoms. The molecular weight excluding hydrogens is 666 g/mol. The minimum absolute atomic E-state index is 0.0212. The molecule has 2 aromatic carbocycles. The zero-order chi connectivity index (χ0) is 34.9. The van der Waals surface area contributed by atoms with Gasteiger partial charge in [-0.25, -0.2) is 4.68 Å². The van der Waals surface area contributed by atoms with E-state index in [0.29, 0.717) is 22.0 Å². The number of anilines is 1. The number of amidine groups is 1. The zero-order valence-electron chi connectivity index (χ0n) is 26.1. The van der Waals surface area contributed by atoms with Crippen LogP contribution in [0.4, 0.5) is 27.6 Å². The van der Waals surface area contributed by atoms with E-state index < -0.39 is 47.2 Å². The largest absolute Gasteiger partial charge is 0.461 e. The number of carbonyl (C=O) groups excluding carboxylic acids is 2. The molecular formula is C32H33Cl2F5N6O2. The van der Waals surface area contributed by atoms with Crippen LogP contribution in [0.2, 0.25) is 10.0 Å². The van der Waals surface area contributed by atoms with Gasteiger partial charge in [-0.15, -0.1) is 0 Å². The number of alkyl halides is 5. The van der Waals surface area contributed by atoms with E-state index in [-0.39, 0.29) is 34.8 Å². The lowest BCUT2D eigenvalue weighted by atomic mass is 9.97. The van der Waals surface area contributed by atoms with Crippen molar-refractivity contribution >= 4 is 46.5 Å². The third kappa shape index (κ3) is 8.31. The van der Waals surface area contributed by atoms with Crippen molar-refractivity contribution in [3.8, 4) is 5.69 Å². The lowest BCUT2D eigenvalue weighted by Crippen LogP contribution is -2.49. The standard InChI is InChI=1S/C32H33Cl2F5N6O2/c1-17-12-13-40-29(31(35,36)32(37,38)39)41-23(17)11-10-20-16-25(45(44-20)24-9-7-6-8-22(24)34)28(47)42-26-18(2)14-19(33)15-21(26)27(46)43-30(3,4)5/h6-9,12-17,23H,10-11H2,1-5H3,(H,40,41)(H,42,47)(H,43,46). The van der Waals surface area contributed by atoms with Crippen LogP contribution in [0, 0.1) is 12.8 Å². The molecule has 1 aliphatic heterocycles. The van der Waals surface area contributed by atoms with Crippen LogP contribution in [0.25, 0.3) is 5.69 Å². The van der Waals surface area contributed by atoms with Gasteiger partial charge in [-0.3, -0.25) is 14.6 Å². The van der Waals surface area contributed by atoms with Crippen LogP contribution in [0.15, 0.2) is 59.7 Å². The Balaban J connectivity index is 1.70. The number of halogens is 7. The average Bonchev–Trinajstić information content (AvgIpc) is 3.28. The van der Waals surface area contributed by atoms with Gasteiger partial charge in [-0.1, -0.05) is 48.3 Å². The Bertz CT molecular complexity index is 1730. The van der Waals surface area contributed by atoms with Crippen molar-refractivity contribution in [2.45, 2.75) is 71.1 Å². The summed E-state index contributed by atoms with van der Waals surface area (Å²) in [6.45, 7) is 8.74. The summed E-state index contributed by atoms with van der Waals surface area (Å²) in [7, 11) is 0. The molecule has 252 valence electrons. The molecule has 1 aromatic heterocycles. The monoisotopic (exact) mass is 698 g/mol. The molecule has 8 nitrogen and oxygen atoms in total. The molecule has 1 aliphatic rings. The Morgan fingerprint density at radius 1 is 1.02 bits per heavy atom. The second-order valence-electron chi connectivity index (χ2n) is 12.2. The van der Waals surface area contributed by atoms with Crippen molar-refractivity contribution in [2.24, 2.45) is 10.9 Å². The predicted octanol–water partition coefficient (Wildman–Crippen LogP) is 7.92. The highest BCUT2D eigenvalue weighted by molar-refractivity contribution is 6.32. The summed E-state index contributed by atoms with van der Waals surface area (Å²) in [5.41, 5.74) is 0.977. The first-order chi connectivity index (χ1) is 21.8. The van der Waals surface area contributed by atoms with E-state index in [1.807, 2.05) is 5.32 Å². The molecule has 0 saturated carbocycles. The van der Waals surface area contributed by atoms with Gasteiger partial charge < -0.3 is 16.0 Å². The molecule has 47 heavy (non-hydrogen) atoms. The van der Waals surface area contributed by atoms with Gasteiger partial charge in [-0.05, 0) is 88.5 Å². The fourth-order valence-corrected chi connectivity index (χ4v) is 5.34. The van der Waals surface area contributed by atoms with Crippen LogP contribution >= 0.6 is 23.2 Å². The third-order valence-corrected chi connectivity index (χ3v) is 7.75. The van der Waals surface area contributed by atoms with E-state index in [2.05, 4.69) is 20.7 Å². The normalized spacial score (nSPS) is 17.1. The molecule has 2 heterocycles. The molecule has 3 aromatic rings. The quantitative estimate of drug-likeness (QED) is 0.208. The van der Waals surface area contributed by atoms with Gasteiger partial charge in [0.1, 0.15) is 5.69 Å². The first-order valence-electron chi connectivity index (χ1n) is 14.5. The van der Waals surface area contributed by atoms with Crippen LogP contribution < -0.4 is 16.0 Å². The maximum Gasteiger partial charge on any atom is 0.461 e. The molecule has 3 N–H and O–H groups in total. The van der Waals surface area contributed by atoms with Gasteiger partial charge in [-0.2, -0.15) is 27.1 Å². The molecule has 0 saturated heterocycles. The molecule has 0 bridgehead atoms. The third-order valence-electron chi connectivity index (χ3n) is 7.22. The van der Waals surface area contributed by atoms with Gasteiger partial charge in [0.2, 0.25) is 0 Å². The molecule has 2 unspecified atom stereocenters. The Morgan fingerprint density at radius 2 is 1.70 bits per heavy atom. The van der Waals surface area contributed by atoms with E-state index in [4.69, 9.17) is 23.2 Å². The maximum absolute atomic E-state index is 14.2. The number of hydrogen-bond donors (Lipinski definition) is 3. The van der Waals surface area contributed by atoms with E-state index >= 15 is 0 Å². The minimum atomic E-state index is -5.84. The summed E-state index contributed by atoms with van der Waals surface area (Å²) < 4.78 is 68.9. The van der Waals surface area contributed by atoms with Crippen LogP contribution in [-0.4, -0.2) is 51.1 Å². The highest BCUT2D eigenvalue weighted by Gasteiger charge is 2.61. The molecule has 0 fully saturated rings. The highest BCUT2D eigenvalue weighted by Crippen LogP contribution is 2.37. The van der Waals surface area contributed by atoms with Crippen LogP contribution in [0.3, 0.4) is 0 Å². The van der Waals surface area contributed by atoms with Crippen molar-refractivity contribution in [1.82, 2.24) is 20.4 Å². The number of rotatable bonds is 8. The molecule has 0 aliphatic carbocycles. The number of benzene rings is 2. The molecule has 2 atom stereocenters. The first kappa shape index (κ1) is 35.9. The number of nitrogens with one attached hydrogen (secondary N) is 3. The second kappa shape index (κ2) is 13.6. The van der Waals surface area contributed by atoms with E-state index in [1.54, 1.807) is 65.0 Å². The average molecular weight is 700 g/mol. The summed E-state index contributed by atoms with van der Waals surface area (Å²) in [5, 5.41) is 12.7. The zero-order valence-corrected chi connectivity index (χ0v) is 27.6. The summed E-state index contributed by atoms with van der Waals surface area (Å²) in [5.74, 6) is -8.29. The Hall–Kier alpha value is -3.97. The van der Waals surface area contributed by atoms with Crippen molar-refractivity contribution in [1.29, 1.82) is 0 Å². The van der Waals surface area contributed by atoms with Crippen molar-refractivity contribution < 1.29 is 31.5 Å². The maximum atomic E-state index is 14.2. The van der Waals surface area contributed by atoms with E-state index in [0.717, 1.165) is 6.20 Å². The number of nitrogens with zero attached hydrogens (tertiary/aromatic N) is 3. The highest BCUT2D eigenvalue weighted by atomic mass is 35.5. The van der Waals surface area contributed by atoms with Crippen LogP contribution in [-0.2, 0) is 6.42 Å². The Morgan fingerprint density at radius 3 is 2.34 bits per heavy atom. The molecule has 2 amide bonds. The van der Waals surface area contributed by atoms with Gasteiger partial charge >= 0.3 is 12.1 Å². The summed E-state index contributed by atoms with van der Waals surface area (Å²) in [6.07, 6.45) is -3.27. The number of hydrogen-bond acceptors (Lipinski definition) is 5. The van der Waals surface area contributed by atoms with Crippen molar-refractivity contribution in [3.63, 3.8) is 0 Å². The topological polar surface area (TPSA) is 100 Å². The Labute approximate surface area is 278 Å². The summed E-state index contributed by atoms with van der Waals surface area (Å²) in [4.78, 5) is 30.8. The molecule has 4 rings (SSSR count). The first-order valence-corrected chi connectivity index (χ1v) is 15.3. The number of para-hydroxylation sites is 1. The van der Waals surface area contributed by atoms with Gasteiger partial charge in [0.25, 0.3) is 11.8 Å². The molecule has 0 radical (unpaired) electrons. The number of aliphatic imine (C=N–C) groups is 1. The predicted molar refractivity (Wildman–Crippen MR) is 172 cm³/mol. The summed E-state index contributed by atoms with van der Waals surface area (Å²) in [6, 6.07) is 10.1. The lowest BCUT2D eigenvalue weighted by Gasteiger charge is -2.23. The van der Waals surface area contributed by atoms with Crippen molar-refractivity contribution in [2.75, 3.05) is 5.32 Å². The van der Waals surface area contributed by atoms with Gasteiger partial charge in [0.15, 0.2) is 5.84 Å². The number of amides is 2. The summed E-state index contributed by atoms with van der Waals surface area (Å²) >= 11 is 12.7. The number of aryl methyl sites for hydroxylation is 2. The fourth-order valence-electron chi connectivity index (χ4n) is 4.85. The van der Waals surface area contributed by atoms with Crippen LogP contribution in [0.1, 0.15) is 66.2 Å². The van der Waals surface area contributed by atoms with E-state index in [9.17, 15) is 31.5 Å². The second-order valence-corrected chi connectivity index (χ2v) is 13.0. The van der Waals surface area contributed by atoms with Gasteiger partial charge in [0.05, 0.1) is 33.7 Å². The van der Waals surface area contributed by atoms with E-state index in [1.165, 1.54) is 22.9 Å². The Kier molecular flexibility index (Phi) is 10.4. The molecule has 0 spiro atoms. The number of aromatic nitrogens is 2. The smallest absolute Gasteiger partial charge is 0.347 e. The number of carbonyl (C=O) groups is 2. The lowest BCUT2D eigenvalue weighted by molar-refractivity contribution is -0.250. The SMILES string of the molecule is Cc1cc(Cl)cc(C(=O)NC(C)(C)C)c1NC(=O)c1cc(CCC2N=C(C(F)(F)C(F)(F)F)NC=CC2C)nn1-c1ccccc1Cl. The van der Waals surface area contributed by atoms with Gasteiger partial charge in [0, 0.05) is 10.6 Å².